The highest BCUT2D eigenvalue weighted by atomic mass is 16.5. The fourth-order valence-corrected chi connectivity index (χ4v) is 2.02. The molecule has 5 heteroatoms. The van der Waals surface area contributed by atoms with Crippen LogP contribution >= 0.6 is 0 Å². The zero-order valence-corrected chi connectivity index (χ0v) is 10.1. The Morgan fingerprint density at radius 1 is 1.39 bits per heavy atom. The first-order valence-electron chi connectivity index (χ1n) is 6.18. The average Bonchev–Trinajstić information content (AvgIpc) is 2.46. The Hall–Kier alpha value is -1.72. The summed E-state index contributed by atoms with van der Waals surface area (Å²) in [5, 5.41) is 7.68. The van der Waals surface area contributed by atoms with E-state index in [1.807, 2.05) is 30.5 Å². The van der Waals surface area contributed by atoms with Crippen molar-refractivity contribution in [2.24, 2.45) is 0 Å². The largest absolute Gasteiger partial charge is 0.378 e. The van der Waals surface area contributed by atoms with Gasteiger partial charge in [-0.2, -0.15) is 0 Å². The van der Waals surface area contributed by atoms with Gasteiger partial charge in [0.2, 0.25) is 5.95 Å². The fraction of sp³-hybridized carbons (Fsp3) is 0.385. The molecule has 0 amide bonds. The summed E-state index contributed by atoms with van der Waals surface area (Å²) in [6.45, 7) is 3.22. The highest BCUT2D eigenvalue weighted by Crippen LogP contribution is 2.11. The minimum atomic E-state index is 0.328. The number of aromatic nitrogens is 2. The lowest BCUT2D eigenvalue weighted by atomic mass is 10.2. The van der Waals surface area contributed by atoms with Gasteiger partial charge >= 0.3 is 0 Å². The predicted molar refractivity (Wildman–Crippen MR) is 70.6 cm³/mol. The van der Waals surface area contributed by atoms with Gasteiger partial charge in [0.1, 0.15) is 0 Å². The molecule has 2 aromatic rings. The molecule has 1 aromatic carbocycles. The van der Waals surface area contributed by atoms with Gasteiger partial charge in [-0.05, 0) is 6.07 Å². The number of fused-ring (bicyclic) bond motifs is 1. The normalized spacial score (nSPS) is 19.9. The fourth-order valence-electron chi connectivity index (χ4n) is 2.02. The van der Waals surface area contributed by atoms with Crippen molar-refractivity contribution in [1.29, 1.82) is 0 Å². The second-order valence-corrected chi connectivity index (χ2v) is 4.36. The van der Waals surface area contributed by atoms with E-state index in [0.29, 0.717) is 12.0 Å². The first-order chi connectivity index (χ1) is 8.92. The van der Waals surface area contributed by atoms with Crippen molar-refractivity contribution < 1.29 is 4.74 Å². The summed E-state index contributed by atoms with van der Waals surface area (Å²) in [5.74, 6) is 0.668. The molecule has 2 N–H and O–H groups in total. The van der Waals surface area contributed by atoms with Crippen LogP contribution in [0.4, 0.5) is 5.95 Å². The van der Waals surface area contributed by atoms with E-state index in [4.69, 9.17) is 4.74 Å². The smallest absolute Gasteiger partial charge is 0.223 e. The molecule has 18 heavy (non-hydrogen) atoms. The summed E-state index contributed by atoms with van der Waals surface area (Å²) in [6.07, 6.45) is 1.84. The van der Waals surface area contributed by atoms with Gasteiger partial charge in [0, 0.05) is 30.7 Å². The molecule has 3 rings (SSSR count). The molecular weight excluding hydrogens is 228 g/mol. The van der Waals surface area contributed by atoms with Crippen molar-refractivity contribution in [3.63, 3.8) is 0 Å². The highest BCUT2D eigenvalue weighted by molar-refractivity contribution is 5.78. The van der Waals surface area contributed by atoms with Gasteiger partial charge in [-0.1, -0.05) is 18.2 Å². The third-order valence-corrected chi connectivity index (χ3v) is 2.99. The second kappa shape index (κ2) is 5.29. The summed E-state index contributed by atoms with van der Waals surface area (Å²) < 4.78 is 5.40. The monoisotopic (exact) mass is 244 g/mol. The Morgan fingerprint density at radius 3 is 3.22 bits per heavy atom. The molecule has 5 nitrogen and oxygen atoms in total. The van der Waals surface area contributed by atoms with Gasteiger partial charge in [-0.15, -0.1) is 0 Å². The molecule has 1 saturated heterocycles. The lowest BCUT2D eigenvalue weighted by Crippen LogP contribution is -2.45. The van der Waals surface area contributed by atoms with Crippen LogP contribution in [-0.2, 0) is 4.74 Å². The van der Waals surface area contributed by atoms with Crippen LogP contribution < -0.4 is 10.6 Å². The first-order valence-corrected chi connectivity index (χ1v) is 6.18. The Bertz CT molecular complexity index is 525. The molecule has 0 radical (unpaired) electrons. The molecule has 1 aliphatic heterocycles. The van der Waals surface area contributed by atoms with E-state index in [-0.39, 0.29) is 0 Å². The number of para-hydroxylation sites is 1. The van der Waals surface area contributed by atoms with Crippen LogP contribution in [0, 0.1) is 0 Å². The molecule has 0 aliphatic carbocycles. The Kier molecular flexibility index (Phi) is 3.34. The molecule has 1 aromatic heterocycles. The molecule has 0 bridgehead atoms. The number of anilines is 1. The Morgan fingerprint density at radius 2 is 2.33 bits per heavy atom. The first kappa shape index (κ1) is 11.4. The van der Waals surface area contributed by atoms with Crippen LogP contribution in [0.2, 0.25) is 0 Å². The van der Waals surface area contributed by atoms with Gasteiger partial charge in [-0.3, -0.25) is 0 Å². The molecule has 1 fully saturated rings. The lowest BCUT2D eigenvalue weighted by Gasteiger charge is -2.23. The summed E-state index contributed by atoms with van der Waals surface area (Å²) in [4.78, 5) is 8.77. The molecule has 0 saturated carbocycles. The van der Waals surface area contributed by atoms with Crippen LogP contribution in [0.25, 0.3) is 10.9 Å². The molecule has 1 unspecified atom stereocenters. The molecule has 1 aliphatic rings. The summed E-state index contributed by atoms with van der Waals surface area (Å²) in [7, 11) is 0. The maximum absolute atomic E-state index is 5.40. The molecule has 0 spiro atoms. The number of nitrogens with zero attached hydrogens (tertiary/aromatic N) is 2. The molecule has 2 heterocycles. The zero-order valence-electron chi connectivity index (χ0n) is 10.1. The minimum Gasteiger partial charge on any atom is -0.378 e. The van der Waals surface area contributed by atoms with Crippen molar-refractivity contribution in [1.82, 2.24) is 15.3 Å². The number of hydrogen-bond donors (Lipinski definition) is 2. The number of hydrogen-bond acceptors (Lipinski definition) is 5. The van der Waals surface area contributed by atoms with Gasteiger partial charge in [-0.25, -0.2) is 9.97 Å². The number of benzene rings is 1. The van der Waals surface area contributed by atoms with Gasteiger partial charge in [0.25, 0.3) is 0 Å². The summed E-state index contributed by atoms with van der Waals surface area (Å²) >= 11 is 0. The van der Waals surface area contributed by atoms with E-state index in [1.165, 1.54) is 0 Å². The third-order valence-electron chi connectivity index (χ3n) is 2.99. The Labute approximate surface area is 106 Å². The minimum absolute atomic E-state index is 0.328. The van der Waals surface area contributed by atoms with E-state index in [1.54, 1.807) is 0 Å². The quantitative estimate of drug-likeness (QED) is 0.844. The van der Waals surface area contributed by atoms with E-state index in [0.717, 1.165) is 37.2 Å². The van der Waals surface area contributed by atoms with Gasteiger partial charge < -0.3 is 15.4 Å². The number of ether oxygens (including phenoxy) is 1. The number of morpholine rings is 1. The summed E-state index contributed by atoms with van der Waals surface area (Å²) in [6, 6.07) is 8.30. The van der Waals surface area contributed by atoms with Crippen molar-refractivity contribution >= 4 is 16.9 Å². The molecule has 1 atom stereocenters. The van der Waals surface area contributed by atoms with E-state index in [9.17, 15) is 0 Å². The topological polar surface area (TPSA) is 59.1 Å². The SMILES string of the molecule is c1ccc2nc(NCC3COCCN3)ncc2c1. The zero-order chi connectivity index (χ0) is 12.2. The maximum atomic E-state index is 5.40. The van der Waals surface area contributed by atoms with Crippen molar-refractivity contribution in [3.05, 3.63) is 30.5 Å². The van der Waals surface area contributed by atoms with Crippen LogP contribution in [0.5, 0.6) is 0 Å². The standard InChI is InChI=1S/C13H16N4O/c1-2-4-12-10(3-1)7-15-13(17-12)16-8-11-9-18-6-5-14-11/h1-4,7,11,14H,5-6,8-9H2,(H,15,16,17). The van der Waals surface area contributed by atoms with Crippen LogP contribution in [-0.4, -0.2) is 42.3 Å². The van der Waals surface area contributed by atoms with Crippen LogP contribution in [0.3, 0.4) is 0 Å². The summed E-state index contributed by atoms with van der Waals surface area (Å²) in [5.41, 5.74) is 0.961. The molecule has 94 valence electrons. The van der Waals surface area contributed by atoms with Crippen molar-refractivity contribution in [2.75, 3.05) is 31.6 Å². The van der Waals surface area contributed by atoms with Crippen molar-refractivity contribution in [2.45, 2.75) is 6.04 Å². The van der Waals surface area contributed by atoms with E-state index in [2.05, 4.69) is 20.6 Å². The van der Waals surface area contributed by atoms with Crippen molar-refractivity contribution in [3.8, 4) is 0 Å². The maximum Gasteiger partial charge on any atom is 0.223 e. The third kappa shape index (κ3) is 2.57. The van der Waals surface area contributed by atoms with E-state index >= 15 is 0 Å². The van der Waals surface area contributed by atoms with Crippen LogP contribution in [0.1, 0.15) is 0 Å². The Balaban J connectivity index is 1.66. The average molecular weight is 244 g/mol. The second-order valence-electron chi connectivity index (χ2n) is 4.36. The highest BCUT2D eigenvalue weighted by Gasteiger charge is 2.12. The molecular formula is C13H16N4O. The van der Waals surface area contributed by atoms with Crippen LogP contribution in [0.15, 0.2) is 30.5 Å². The van der Waals surface area contributed by atoms with Gasteiger partial charge in [0.15, 0.2) is 0 Å². The number of rotatable bonds is 3. The van der Waals surface area contributed by atoms with E-state index < -0.39 is 0 Å². The van der Waals surface area contributed by atoms with Gasteiger partial charge in [0.05, 0.1) is 18.7 Å². The number of nitrogens with one attached hydrogen (secondary N) is 2. The lowest BCUT2D eigenvalue weighted by molar-refractivity contribution is 0.0806. The predicted octanol–water partition coefficient (Wildman–Crippen LogP) is 1.03.